The third kappa shape index (κ3) is 2.72. The molecule has 0 aromatic rings. The van der Waals surface area contributed by atoms with Crippen molar-refractivity contribution >= 4 is 17.2 Å². The normalized spacial score (nSPS) is 14.8. The van der Waals surface area contributed by atoms with Crippen molar-refractivity contribution in [1.29, 1.82) is 0 Å². The largest absolute Gasteiger partial charge is 0.392 e. The van der Waals surface area contributed by atoms with Crippen molar-refractivity contribution in [2.24, 2.45) is 5.73 Å². The van der Waals surface area contributed by atoms with Crippen molar-refractivity contribution in [3.8, 4) is 0 Å². The fraction of sp³-hybridized carbons (Fsp3) is 0.889. The summed E-state index contributed by atoms with van der Waals surface area (Å²) >= 11 is 4.95. The Morgan fingerprint density at radius 1 is 1.58 bits per heavy atom. The average Bonchev–Trinajstić information content (AvgIpc) is 2.01. The van der Waals surface area contributed by atoms with E-state index in [0.717, 1.165) is 6.42 Å². The van der Waals surface area contributed by atoms with Crippen LogP contribution in [0.15, 0.2) is 0 Å². The quantitative estimate of drug-likeness (QED) is 0.682. The van der Waals surface area contributed by atoms with E-state index in [1.54, 1.807) is 0 Å². The van der Waals surface area contributed by atoms with Gasteiger partial charge in [0.05, 0.1) is 11.0 Å². The van der Waals surface area contributed by atoms with Crippen molar-refractivity contribution in [3.63, 3.8) is 0 Å². The molecule has 0 aromatic carbocycles. The van der Waals surface area contributed by atoms with E-state index in [-0.39, 0.29) is 11.6 Å². The van der Waals surface area contributed by atoms with E-state index in [1.807, 2.05) is 6.92 Å². The summed E-state index contributed by atoms with van der Waals surface area (Å²) in [4.78, 5) is 2.79. The Morgan fingerprint density at radius 2 is 2.00 bits per heavy atom. The summed E-state index contributed by atoms with van der Waals surface area (Å²) < 4.78 is 0. The van der Waals surface area contributed by atoms with Gasteiger partial charge in [-0.2, -0.15) is 0 Å². The maximum atomic E-state index is 5.58. The number of nitrogens with two attached hydrogens (primary N) is 1. The van der Waals surface area contributed by atoms with Gasteiger partial charge in [0.25, 0.3) is 0 Å². The van der Waals surface area contributed by atoms with Crippen molar-refractivity contribution in [2.75, 3.05) is 7.05 Å². The molecule has 1 unspecified atom stereocenters. The summed E-state index contributed by atoms with van der Waals surface area (Å²) in [6.07, 6.45) is 1.09. The molecule has 3 heteroatoms. The van der Waals surface area contributed by atoms with Crippen LogP contribution in [0.2, 0.25) is 0 Å². The predicted molar refractivity (Wildman–Crippen MR) is 58.4 cm³/mol. The van der Waals surface area contributed by atoms with Crippen molar-refractivity contribution < 1.29 is 0 Å². The number of nitrogens with zero attached hydrogens (tertiary/aromatic N) is 1. The van der Waals surface area contributed by atoms with Crippen LogP contribution in [0.3, 0.4) is 0 Å². The van der Waals surface area contributed by atoms with Crippen LogP contribution >= 0.6 is 12.2 Å². The molecule has 1 atom stereocenters. The summed E-state index contributed by atoms with van der Waals surface area (Å²) in [6, 6.07) is 0.176. The van der Waals surface area contributed by atoms with Gasteiger partial charge in [-0.1, -0.05) is 19.1 Å². The Balaban J connectivity index is 4.37. The Hall–Kier alpha value is -0.150. The minimum Gasteiger partial charge on any atom is -0.392 e. The van der Waals surface area contributed by atoms with Crippen LogP contribution in [-0.2, 0) is 0 Å². The van der Waals surface area contributed by atoms with Crippen molar-refractivity contribution in [3.05, 3.63) is 0 Å². The van der Waals surface area contributed by atoms with E-state index in [9.17, 15) is 0 Å². The molecular formula is C9H20N2S. The molecule has 0 saturated carbocycles. The number of likely N-dealkylation sites (N-methyl/N-ethyl adjacent to an activating group) is 1. The fourth-order valence-electron chi connectivity index (χ4n) is 0.964. The molecule has 2 nitrogen and oxygen atoms in total. The first-order chi connectivity index (χ1) is 5.33. The fourth-order valence-corrected chi connectivity index (χ4v) is 1.12. The molecule has 72 valence electrons. The second kappa shape index (κ2) is 4.19. The van der Waals surface area contributed by atoms with Gasteiger partial charge in [-0.25, -0.2) is 0 Å². The van der Waals surface area contributed by atoms with Gasteiger partial charge in [0.2, 0.25) is 0 Å². The predicted octanol–water partition coefficient (Wildman–Crippen LogP) is 1.78. The zero-order valence-electron chi connectivity index (χ0n) is 8.72. The van der Waals surface area contributed by atoms with Crippen LogP contribution in [0.5, 0.6) is 0 Å². The van der Waals surface area contributed by atoms with Gasteiger partial charge >= 0.3 is 0 Å². The topological polar surface area (TPSA) is 29.3 Å². The molecule has 0 spiro atoms. The van der Waals surface area contributed by atoms with Gasteiger partial charge in [-0.05, 0) is 34.2 Å². The van der Waals surface area contributed by atoms with E-state index in [4.69, 9.17) is 18.0 Å². The minimum absolute atomic E-state index is 0.169. The smallest absolute Gasteiger partial charge is 0.0899 e. The number of thiocarbonyl (C=S) groups is 1. The SMILES string of the molecule is CCC(C)(C)N(C)C(C)C(N)=S. The maximum Gasteiger partial charge on any atom is 0.0899 e. The summed E-state index contributed by atoms with van der Waals surface area (Å²) in [7, 11) is 2.06. The first-order valence-corrected chi connectivity index (χ1v) is 4.76. The molecule has 12 heavy (non-hydrogen) atoms. The maximum absolute atomic E-state index is 5.58. The van der Waals surface area contributed by atoms with Crippen LogP contribution in [-0.4, -0.2) is 28.5 Å². The summed E-state index contributed by atoms with van der Waals surface area (Å²) in [5.74, 6) is 0. The van der Waals surface area contributed by atoms with Gasteiger partial charge in [0.15, 0.2) is 0 Å². The lowest BCUT2D eigenvalue weighted by Crippen LogP contribution is -2.50. The second-order valence-electron chi connectivity index (χ2n) is 3.86. The summed E-state index contributed by atoms with van der Waals surface area (Å²) in [6.45, 7) is 8.60. The highest BCUT2D eigenvalue weighted by Crippen LogP contribution is 2.18. The van der Waals surface area contributed by atoms with Crippen LogP contribution in [0.25, 0.3) is 0 Å². The van der Waals surface area contributed by atoms with E-state index in [1.165, 1.54) is 0 Å². The van der Waals surface area contributed by atoms with Crippen LogP contribution in [0, 0.1) is 0 Å². The highest BCUT2D eigenvalue weighted by Gasteiger charge is 2.26. The molecule has 0 heterocycles. The number of hydrogen-bond acceptors (Lipinski definition) is 2. The van der Waals surface area contributed by atoms with Gasteiger partial charge in [0.1, 0.15) is 0 Å². The second-order valence-corrected chi connectivity index (χ2v) is 4.33. The zero-order chi connectivity index (χ0) is 9.94. The first-order valence-electron chi connectivity index (χ1n) is 4.35. The Kier molecular flexibility index (Phi) is 4.14. The average molecular weight is 188 g/mol. The van der Waals surface area contributed by atoms with Crippen molar-refractivity contribution in [2.45, 2.75) is 45.7 Å². The van der Waals surface area contributed by atoms with Crippen LogP contribution in [0.1, 0.15) is 34.1 Å². The molecule has 0 rings (SSSR count). The van der Waals surface area contributed by atoms with Gasteiger partial charge < -0.3 is 5.73 Å². The molecule has 0 fully saturated rings. The molecule has 0 amide bonds. The molecule has 0 radical (unpaired) electrons. The minimum atomic E-state index is 0.169. The Morgan fingerprint density at radius 3 is 2.25 bits per heavy atom. The Labute approximate surface area is 81.1 Å². The summed E-state index contributed by atoms with van der Waals surface area (Å²) in [5.41, 5.74) is 5.75. The standard InChI is InChI=1S/C9H20N2S/c1-6-9(3,4)11(5)7(2)8(10)12/h7H,6H2,1-5H3,(H2,10,12). The molecule has 0 bridgehead atoms. The van der Waals surface area contributed by atoms with Crippen molar-refractivity contribution in [1.82, 2.24) is 4.90 Å². The summed E-state index contributed by atoms with van der Waals surface area (Å²) in [5, 5.41) is 0. The Bertz CT molecular complexity index is 166. The van der Waals surface area contributed by atoms with E-state index >= 15 is 0 Å². The van der Waals surface area contributed by atoms with Crippen LogP contribution in [0.4, 0.5) is 0 Å². The lowest BCUT2D eigenvalue weighted by atomic mass is 9.98. The van der Waals surface area contributed by atoms with E-state index in [2.05, 4.69) is 32.7 Å². The first kappa shape index (κ1) is 11.8. The number of rotatable bonds is 4. The number of hydrogen-bond donors (Lipinski definition) is 1. The third-order valence-corrected chi connectivity index (χ3v) is 3.15. The lowest BCUT2D eigenvalue weighted by Gasteiger charge is -2.38. The molecule has 0 saturated heterocycles. The van der Waals surface area contributed by atoms with E-state index in [0.29, 0.717) is 4.99 Å². The van der Waals surface area contributed by atoms with Crippen LogP contribution < -0.4 is 5.73 Å². The third-order valence-electron chi connectivity index (χ3n) is 2.81. The molecular weight excluding hydrogens is 168 g/mol. The van der Waals surface area contributed by atoms with Gasteiger partial charge in [-0.3, -0.25) is 4.90 Å². The molecule has 2 N–H and O–H groups in total. The monoisotopic (exact) mass is 188 g/mol. The van der Waals surface area contributed by atoms with Gasteiger partial charge in [-0.15, -0.1) is 0 Å². The molecule has 0 aliphatic rings. The molecule has 0 aromatic heterocycles. The molecule has 0 aliphatic carbocycles. The highest BCUT2D eigenvalue weighted by molar-refractivity contribution is 7.80. The molecule has 0 aliphatic heterocycles. The lowest BCUT2D eigenvalue weighted by molar-refractivity contribution is 0.136. The highest BCUT2D eigenvalue weighted by atomic mass is 32.1. The zero-order valence-corrected chi connectivity index (χ0v) is 9.53. The van der Waals surface area contributed by atoms with Gasteiger partial charge in [0, 0.05) is 5.54 Å². The van der Waals surface area contributed by atoms with E-state index < -0.39 is 0 Å².